The number of allylic oxidation sites excluding steroid dienone is 4. The Bertz CT molecular complexity index is 2220. The van der Waals surface area contributed by atoms with Gasteiger partial charge in [-0.25, -0.2) is 9.59 Å². The van der Waals surface area contributed by atoms with E-state index in [-0.39, 0.29) is 40.4 Å². The second kappa shape index (κ2) is 26.7. The standard InChI is InChI=1S/C52H74BrClO18/c1-13-30-22-26(6)33(56)18-16-15-17-31(23-66-51-45(65-12)42(61)44(29(9)67-51)69-49(64)35-32(14-2)36(53)39(58)37(54)38(35)57)48(63)68-34(28(8)55)20-19-25(5)21-27(7)43(30)70-50-41(60)40(59)46(52(10,11)72-50)71-47(62)24(3)4/h15-17,19,21-22,24,28-30,33-34,40-46,50-51,55-61H,13-14,18,20,23H2,1-12H3/b16-15+,25-19+,26-22+,27-21+,31-17-/t28?,29-,30?,33?,34?,40+,41-,42+,43?,44-,45+,46-,50+,51-/m0/s1. The second-order valence-electron chi connectivity index (χ2n) is 19.4. The number of ether oxygens (including phenoxy) is 8. The molecule has 7 N–H and O–H groups in total. The Morgan fingerprint density at radius 1 is 0.944 bits per heavy atom. The summed E-state index contributed by atoms with van der Waals surface area (Å²) >= 11 is 9.30. The van der Waals surface area contributed by atoms with E-state index >= 15 is 0 Å². The molecule has 0 aliphatic carbocycles. The van der Waals surface area contributed by atoms with Gasteiger partial charge in [0.1, 0.15) is 46.7 Å². The quantitative estimate of drug-likeness (QED) is 0.0645. The van der Waals surface area contributed by atoms with Gasteiger partial charge in [0, 0.05) is 19.4 Å². The molecule has 0 bridgehead atoms. The van der Waals surface area contributed by atoms with Crippen molar-refractivity contribution in [2.24, 2.45) is 11.8 Å². The van der Waals surface area contributed by atoms with Gasteiger partial charge in [0.15, 0.2) is 36.3 Å². The number of halogens is 2. The number of rotatable bonds is 13. The van der Waals surface area contributed by atoms with Gasteiger partial charge >= 0.3 is 17.9 Å². The third-order valence-corrected chi connectivity index (χ3v) is 14.2. The van der Waals surface area contributed by atoms with Crippen LogP contribution in [0.25, 0.3) is 0 Å². The van der Waals surface area contributed by atoms with E-state index in [1.807, 2.05) is 32.9 Å². The molecule has 0 saturated carbocycles. The summed E-state index contributed by atoms with van der Waals surface area (Å²) in [5.74, 6) is -4.51. The minimum atomic E-state index is -1.60. The van der Waals surface area contributed by atoms with E-state index in [0.29, 0.717) is 23.1 Å². The first-order valence-electron chi connectivity index (χ1n) is 24.2. The molecule has 2 fully saturated rings. The zero-order valence-electron chi connectivity index (χ0n) is 43.0. The largest absolute Gasteiger partial charge is 0.505 e. The molecule has 72 heavy (non-hydrogen) atoms. The molecule has 3 aliphatic heterocycles. The first-order valence-corrected chi connectivity index (χ1v) is 25.3. The van der Waals surface area contributed by atoms with Gasteiger partial charge in [0.05, 0.1) is 47.0 Å². The molecule has 0 spiro atoms. The van der Waals surface area contributed by atoms with Crippen molar-refractivity contribution < 1.29 is 88.0 Å². The van der Waals surface area contributed by atoms with Crippen molar-refractivity contribution in [1.29, 1.82) is 0 Å². The highest BCUT2D eigenvalue weighted by Gasteiger charge is 2.53. The maximum atomic E-state index is 14.0. The lowest BCUT2D eigenvalue weighted by Crippen LogP contribution is -2.64. The van der Waals surface area contributed by atoms with E-state index in [4.69, 9.17) is 49.5 Å². The molecule has 14 atom stereocenters. The second-order valence-corrected chi connectivity index (χ2v) is 20.5. The maximum Gasteiger partial charge on any atom is 0.342 e. The molecule has 1 aromatic carbocycles. The molecule has 0 amide bonds. The Labute approximate surface area is 435 Å². The molecular formula is C52H74BrClO18. The molecule has 2 saturated heterocycles. The molecule has 3 aliphatic rings. The summed E-state index contributed by atoms with van der Waals surface area (Å²) in [6, 6.07) is 0. The van der Waals surface area contributed by atoms with Crippen molar-refractivity contribution in [2.75, 3.05) is 13.7 Å². The van der Waals surface area contributed by atoms with Gasteiger partial charge < -0.3 is 73.6 Å². The lowest BCUT2D eigenvalue weighted by Gasteiger charge is -2.47. The van der Waals surface area contributed by atoms with Crippen LogP contribution >= 0.6 is 27.5 Å². The molecule has 20 heteroatoms. The average molecular weight is 1100 g/mol. The van der Waals surface area contributed by atoms with E-state index in [1.54, 1.807) is 53.7 Å². The van der Waals surface area contributed by atoms with Gasteiger partial charge in [-0.05, 0) is 106 Å². The van der Waals surface area contributed by atoms with Gasteiger partial charge in [0.25, 0.3) is 0 Å². The van der Waals surface area contributed by atoms with Crippen LogP contribution in [-0.4, -0.2) is 153 Å². The smallest absolute Gasteiger partial charge is 0.342 e. The summed E-state index contributed by atoms with van der Waals surface area (Å²) in [6.07, 6.45) is -5.20. The van der Waals surface area contributed by atoms with E-state index in [0.717, 1.165) is 0 Å². The molecule has 3 heterocycles. The van der Waals surface area contributed by atoms with E-state index in [1.165, 1.54) is 33.1 Å². The summed E-state index contributed by atoms with van der Waals surface area (Å²) in [5, 5.41) is 76.9. The van der Waals surface area contributed by atoms with Gasteiger partial charge in [-0.2, -0.15) is 0 Å². The van der Waals surface area contributed by atoms with Crippen LogP contribution in [0.5, 0.6) is 11.5 Å². The number of cyclic esters (lactones) is 1. The van der Waals surface area contributed by atoms with Crippen molar-refractivity contribution in [2.45, 2.75) is 187 Å². The Balaban J connectivity index is 1.61. The first-order chi connectivity index (χ1) is 33.7. The molecule has 404 valence electrons. The number of aromatic hydroxyl groups is 2. The minimum Gasteiger partial charge on any atom is -0.505 e. The predicted octanol–water partition coefficient (Wildman–Crippen LogP) is 6.34. The highest BCUT2D eigenvalue weighted by atomic mass is 79.9. The number of phenols is 2. The Hall–Kier alpha value is -3.70. The van der Waals surface area contributed by atoms with Crippen molar-refractivity contribution in [3.05, 3.63) is 79.4 Å². The Morgan fingerprint density at radius 3 is 2.21 bits per heavy atom. The molecule has 1 aromatic rings. The van der Waals surface area contributed by atoms with E-state index in [9.17, 15) is 50.1 Å². The fraction of sp³-hybridized carbons (Fsp3) is 0.635. The summed E-state index contributed by atoms with van der Waals surface area (Å²) < 4.78 is 47.7. The molecule has 18 nitrogen and oxygen atoms in total. The molecule has 0 aromatic heterocycles. The highest BCUT2D eigenvalue weighted by molar-refractivity contribution is 9.10. The highest BCUT2D eigenvalue weighted by Crippen LogP contribution is 2.45. The Kier molecular flexibility index (Phi) is 22.5. The monoisotopic (exact) mass is 1100 g/mol. The normalized spacial score (nSPS) is 34.8. The van der Waals surface area contributed by atoms with Gasteiger partial charge in [0.2, 0.25) is 0 Å². The summed E-state index contributed by atoms with van der Waals surface area (Å²) in [5.41, 5.74) is 0.575. The molecular weight excluding hydrogens is 1030 g/mol. The number of aliphatic hydroxyl groups excluding tert-OH is 5. The van der Waals surface area contributed by atoms with Crippen LogP contribution in [-0.2, 0) is 53.9 Å². The Morgan fingerprint density at radius 2 is 1.61 bits per heavy atom. The van der Waals surface area contributed by atoms with Crippen LogP contribution in [0.15, 0.2) is 63.2 Å². The van der Waals surface area contributed by atoms with Gasteiger partial charge in [-0.3, -0.25) is 4.79 Å². The van der Waals surface area contributed by atoms with Crippen LogP contribution in [0.1, 0.15) is 111 Å². The SMILES string of the molecule is CCc1c(Br)c(O)c(Cl)c(O)c1C(=O)O[C@@H]1[C@@H](O)[C@@H](OC)[C@@H](OC/C2=C/C=C/CC(O)/C(C)=C/C(CC)C(O[C@@H]3OC(C)(C)[C@@H](OC(=O)C(C)C)[C@H](O)[C@@H]3O)/C(C)=C/C(C)=C/CC(C(C)O)OC2=O)O[C@H]1C. The maximum absolute atomic E-state index is 14.0. The number of carbonyl (C=O) groups is 3. The number of phenolic OH excluding ortho intramolecular Hbond substituents is 2. The summed E-state index contributed by atoms with van der Waals surface area (Å²) in [7, 11) is 1.27. The number of esters is 3. The fourth-order valence-corrected chi connectivity index (χ4v) is 9.58. The lowest BCUT2D eigenvalue weighted by molar-refractivity contribution is -0.333. The number of methoxy groups -OCH3 is 1. The van der Waals surface area contributed by atoms with Crippen LogP contribution in [0, 0.1) is 11.8 Å². The predicted molar refractivity (Wildman–Crippen MR) is 268 cm³/mol. The average Bonchev–Trinajstić information content (AvgIpc) is 3.32. The van der Waals surface area contributed by atoms with Crippen LogP contribution in [0.3, 0.4) is 0 Å². The number of carbonyl (C=O) groups excluding carboxylic acids is 3. The molecule has 4 rings (SSSR count). The molecule has 5 unspecified atom stereocenters. The summed E-state index contributed by atoms with van der Waals surface area (Å²) in [4.78, 5) is 40.0. The van der Waals surface area contributed by atoms with Gasteiger partial charge in [-0.15, -0.1) is 0 Å². The third kappa shape index (κ3) is 14.8. The summed E-state index contributed by atoms with van der Waals surface area (Å²) in [6.45, 7) is 18.2. The lowest BCUT2D eigenvalue weighted by atomic mass is 9.88. The van der Waals surface area contributed by atoms with Crippen LogP contribution in [0.4, 0.5) is 0 Å². The molecule has 0 radical (unpaired) electrons. The number of hydrogen-bond donors (Lipinski definition) is 7. The zero-order chi connectivity index (χ0) is 54.1. The van der Waals surface area contributed by atoms with E-state index in [2.05, 4.69) is 15.9 Å². The number of benzene rings is 1. The van der Waals surface area contributed by atoms with Crippen molar-refractivity contribution in [3.8, 4) is 11.5 Å². The fourth-order valence-electron chi connectivity index (χ4n) is 8.60. The van der Waals surface area contributed by atoms with Gasteiger partial charge in [-0.1, -0.05) is 75.2 Å². The first kappa shape index (κ1) is 60.9. The number of hydrogen-bond acceptors (Lipinski definition) is 18. The minimum absolute atomic E-state index is 0.0291. The van der Waals surface area contributed by atoms with E-state index < -0.39 is 138 Å². The van der Waals surface area contributed by atoms with Crippen LogP contribution < -0.4 is 0 Å². The van der Waals surface area contributed by atoms with Crippen LogP contribution in [0.2, 0.25) is 5.02 Å². The zero-order valence-corrected chi connectivity index (χ0v) is 45.4. The van der Waals surface area contributed by atoms with Crippen molar-refractivity contribution >= 4 is 45.4 Å². The van der Waals surface area contributed by atoms with Crippen molar-refractivity contribution in [3.63, 3.8) is 0 Å². The third-order valence-electron chi connectivity index (χ3n) is 13.0. The van der Waals surface area contributed by atoms with Crippen molar-refractivity contribution in [1.82, 2.24) is 0 Å². The number of aliphatic hydroxyl groups is 5. The topological polar surface area (TPSA) is 267 Å².